The number of hydrogen-bond acceptors (Lipinski definition) is 7. The number of nitro groups is 2. The van der Waals surface area contributed by atoms with Gasteiger partial charge in [0.05, 0.1) is 0 Å². The van der Waals surface area contributed by atoms with Gasteiger partial charge in [-0.2, -0.15) is 0 Å². The third-order valence-corrected chi connectivity index (χ3v) is 1.15. The summed E-state index contributed by atoms with van der Waals surface area (Å²) in [5.74, 6) is 4.18. The van der Waals surface area contributed by atoms with Crippen LogP contribution >= 0.6 is 0 Å². The molecule has 0 amide bonds. The van der Waals surface area contributed by atoms with E-state index in [4.69, 9.17) is 5.84 Å². The lowest BCUT2D eigenvalue weighted by Crippen LogP contribution is -2.40. The average Bonchev–Trinajstić information content (AvgIpc) is 2.30. The van der Waals surface area contributed by atoms with Crippen molar-refractivity contribution in [3.05, 3.63) is 32.2 Å². The van der Waals surface area contributed by atoms with E-state index >= 15 is 0 Å². The molecule has 1 heterocycles. The summed E-state index contributed by atoms with van der Waals surface area (Å²) in [5.41, 5.74) is 0. The molecule has 0 bridgehead atoms. The van der Waals surface area contributed by atoms with Crippen molar-refractivity contribution >= 4 is 0 Å². The highest BCUT2D eigenvalue weighted by Crippen LogP contribution is 2.14. The summed E-state index contributed by atoms with van der Waals surface area (Å²) in [5, 5.41) is 20.4. The van der Waals surface area contributed by atoms with Gasteiger partial charge in [-0.05, 0) is 0 Å². The Balaban J connectivity index is 2.80. The standard InChI is InChI=1S/C3H4N4O5/c4-5-2(6(8)9)1-3(12-5)7(10)11/h1-2H,4H2. The molecule has 0 aromatic heterocycles. The van der Waals surface area contributed by atoms with Crippen LogP contribution in [-0.2, 0) is 4.84 Å². The second-order valence-electron chi connectivity index (χ2n) is 1.91. The van der Waals surface area contributed by atoms with E-state index < -0.39 is 21.9 Å². The smallest absolute Gasteiger partial charge is 0.319 e. The normalized spacial score (nSPS) is 23.1. The van der Waals surface area contributed by atoms with Crippen LogP contribution in [0.15, 0.2) is 12.0 Å². The first-order valence-electron chi connectivity index (χ1n) is 2.74. The third-order valence-electron chi connectivity index (χ3n) is 1.15. The van der Waals surface area contributed by atoms with Crippen LogP contribution in [0.2, 0.25) is 0 Å². The van der Waals surface area contributed by atoms with Crippen LogP contribution in [0.1, 0.15) is 0 Å². The molecule has 0 saturated carbocycles. The van der Waals surface area contributed by atoms with Crippen LogP contribution in [0.25, 0.3) is 0 Å². The molecule has 0 radical (unpaired) electrons. The topological polar surface area (TPSA) is 125 Å². The number of nitrogens with zero attached hydrogens (tertiary/aromatic N) is 3. The third kappa shape index (κ3) is 1.31. The van der Waals surface area contributed by atoms with Crippen molar-refractivity contribution in [2.45, 2.75) is 6.17 Å². The summed E-state index contributed by atoms with van der Waals surface area (Å²) in [6.45, 7) is 0. The minimum atomic E-state index is -1.50. The molecule has 0 aromatic rings. The van der Waals surface area contributed by atoms with E-state index in [0.717, 1.165) is 0 Å². The zero-order valence-electron chi connectivity index (χ0n) is 5.61. The molecule has 0 aliphatic carbocycles. The summed E-state index contributed by atoms with van der Waals surface area (Å²) in [6.07, 6.45) is -0.787. The number of rotatable bonds is 2. The van der Waals surface area contributed by atoms with Crippen molar-refractivity contribution in [3.63, 3.8) is 0 Å². The van der Waals surface area contributed by atoms with E-state index in [1.54, 1.807) is 0 Å². The SMILES string of the molecule is NN1OC([N+](=O)[O-])=CC1[N+](=O)[O-]. The Hall–Kier alpha value is -1.74. The van der Waals surface area contributed by atoms with E-state index in [1.807, 2.05) is 0 Å². The van der Waals surface area contributed by atoms with Gasteiger partial charge in [-0.25, -0.2) is 5.84 Å². The molecular formula is C3H4N4O5. The molecule has 1 atom stereocenters. The predicted molar refractivity (Wildman–Crippen MR) is 33.0 cm³/mol. The minimum Gasteiger partial charge on any atom is -0.319 e. The first-order chi connectivity index (χ1) is 5.52. The second-order valence-corrected chi connectivity index (χ2v) is 1.91. The first kappa shape index (κ1) is 8.36. The van der Waals surface area contributed by atoms with Crippen LogP contribution in [0.4, 0.5) is 0 Å². The zero-order valence-corrected chi connectivity index (χ0v) is 5.61. The molecule has 0 fully saturated rings. The van der Waals surface area contributed by atoms with E-state index in [2.05, 4.69) is 4.84 Å². The minimum absolute atomic E-state index is 0.304. The number of hydroxylamine groups is 1. The highest BCUT2D eigenvalue weighted by Gasteiger charge is 2.39. The Morgan fingerprint density at radius 1 is 1.58 bits per heavy atom. The van der Waals surface area contributed by atoms with Gasteiger partial charge in [0.2, 0.25) is 0 Å². The highest BCUT2D eigenvalue weighted by molar-refractivity contribution is 4.92. The molecule has 0 aromatic carbocycles. The molecule has 9 nitrogen and oxygen atoms in total. The molecule has 2 N–H and O–H groups in total. The van der Waals surface area contributed by atoms with Gasteiger partial charge < -0.3 is 4.84 Å². The monoisotopic (exact) mass is 176 g/mol. The summed E-state index contributed by atoms with van der Waals surface area (Å²) in [7, 11) is 0. The lowest BCUT2D eigenvalue weighted by Gasteiger charge is -2.06. The fraction of sp³-hybridized carbons (Fsp3) is 0.333. The van der Waals surface area contributed by atoms with Crippen LogP contribution in [0.5, 0.6) is 0 Å². The average molecular weight is 176 g/mol. The summed E-state index contributed by atoms with van der Waals surface area (Å²) >= 11 is 0. The van der Waals surface area contributed by atoms with Crippen LogP contribution in [0.3, 0.4) is 0 Å². The van der Waals surface area contributed by atoms with Gasteiger partial charge in [0.1, 0.15) is 11.0 Å². The molecule has 1 unspecified atom stereocenters. The Labute approximate surface area is 65.2 Å². The van der Waals surface area contributed by atoms with Gasteiger partial charge in [0.15, 0.2) is 0 Å². The molecule has 1 rings (SSSR count). The van der Waals surface area contributed by atoms with E-state index in [-0.39, 0.29) is 0 Å². The fourth-order valence-electron chi connectivity index (χ4n) is 0.641. The Morgan fingerprint density at radius 2 is 2.17 bits per heavy atom. The molecule has 1 aliphatic rings. The molecule has 0 saturated heterocycles. The van der Waals surface area contributed by atoms with Crippen LogP contribution in [-0.4, -0.2) is 21.2 Å². The van der Waals surface area contributed by atoms with Crippen LogP contribution < -0.4 is 5.84 Å². The van der Waals surface area contributed by atoms with Gasteiger partial charge in [-0.15, -0.1) is 0 Å². The number of hydrogen-bond donors (Lipinski definition) is 1. The van der Waals surface area contributed by atoms with E-state index in [9.17, 15) is 20.2 Å². The Morgan fingerprint density at radius 3 is 2.42 bits per heavy atom. The van der Waals surface area contributed by atoms with Crippen molar-refractivity contribution in [2.75, 3.05) is 0 Å². The number of hydrazine groups is 1. The number of nitrogens with two attached hydrogens (primary N) is 1. The summed E-state index contributed by atoms with van der Waals surface area (Å²) in [4.78, 5) is 22.7. The van der Waals surface area contributed by atoms with Crippen molar-refractivity contribution in [1.82, 2.24) is 5.17 Å². The van der Waals surface area contributed by atoms with Gasteiger partial charge >= 0.3 is 12.0 Å². The van der Waals surface area contributed by atoms with Gasteiger partial charge in [-0.3, -0.25) is 20.2 Å². The largest absolute Gasteiger partial charge is 0.452 e. The molecule has 0 spiro atoms. The Bertz CT molecular complexity index is 261. The van der Waals surface area contributed by atoms with E-state index in [0.29, 0.717) is 11.2 Å². The maximum atomic E-state index is 10.1. The van der Waals surface area contributed by atoms with Gasteiger partial charge in [-0.1, -0.05) is 0 Å². The Kier molecular flexibility index (Phi) is 1.89. The fourth-order valence-corrected chi connectivity index (χ4v) is 0.641. The molecule has 1 aliphatic heterocycles. The van der Waals surface area contributed by atoms with Crippen molar-refractivity contribution < 1.29 is 14.7 Å². The van der Waals surface area contributed by atoms with Crippen molar-refractivity contribution in [1.29, 1.82) is 0 Å². The first-order valence-corrected chi connectivity index (χ1v) is 2.74. The maximum Gasteiger partial charge on any atom is 0.452 e. The van der Waals surface area contributed by atoms with Crippen LogP contribution in [0, 0.1) is 20.2 Å². The molecular weight excluding hydrogens is 172 g/mol. The second kappa shape index (κ2) is 2.71. The maximum absolute atomic E-state index is 10.1. The molecule has 12 heavy (non-hydrogen) atoms. The van der Waals surface area contributed by atoms with Gasteiger partial charge in [0, 0.05) is 10.1 Å². The summed E-state index contributed by atoms with van der Waals surface area (Å²) < 4.78 is 0. The zero-order chi connectivity index (χ0) is 9.30. The van der Waals surface area contributed by atoms with Gasteiger partial charge in [0.25, 0.3) is 0 Å². The van der Waals surface area contributed by atoms with Crippen molar-refractivity contribution in [2.24, 2.45) is 5.84 Å². The van der Waals surface area contributed by atoms with E-state index in [1.165, 1.54) is 0 Å². The highest BCUT2D eigenvalue weighted by atomic mass is 16.8. The lowest BCUT2D eigenvalue weighted by molar-refractivity contribution is -0.560. The quantitative estimate of drug-likeness (QED) is 0.319. The molecule has 66 valence electrons. The summed E-state index contributed by atoms with van der Waals surface area (Å²) in [6, 6.07) is 0. The van der Waals surface area contributed by atoms with Crippen molar-refractivity contribution in [3.8, 4) is 0 Å². The molecule has 9 heteroatoms. The predicted octanol–water partition coefficient (Wildman–Crippen LogP) is -1.17. The lowest BCUT2D eigenvalue weighted by atomic mass is 10.5.